The molecule has 0 aromatic carbocycles. The van der Waals surface area contributed by atoms with E-state index in [9.17, 15) is 15.0 Å². The molecule has 4 heteroatoms. The van der Waals surface area contributed by atoms with Crippen LogP contribution in [0.3, 0.4) is 0 Å². The highest BCUT2D eigenvalue weighted by Gasteiger charge is 2.35. The van der Waals surface area contributed by atoms with Gasteiger partial charge in [0.15, 0.2) is 6.10 Å². The first kappa shape index (κ1) is 15.4. The molecule has 0 amide bonds. The molecule has 4 nitrogen and oxygen atoms in total. The number of hydrogen-bond donors (Lipinski definition) is 2. The fourth-order valence-electron chi connectivity index (χ4n) is 2.34. The van der Waals surface area contributed by atoms with Crippen molar-refractivity contribution in [2.24, 2.45) is 0 Å². The Hall–Kier alpha value is -0.610. The molecule has 0 aromatic heterocycles. The van der Waals surface area contributed by atoms with Gasteiger partial charge in [0, 0.05) is 6.42 Å². The summed E-state index contributed by atoms with van der Waals surface area (Å²) in [7, 11) is 0. The van der Waals surface area contributed by atoms with Gasteiger partial charge < -0.3 is 14.9 Å². The molecular weight excluding hydrogens is 232 g/mol. The second kappa shape index (κ2) is 8.48. The Morgan fingerprint density at radius 2 is 1.72 bits per heavy atom. The lowest BCUT2D eigenvalue weighted by atomic mass is 9.98. The van der Waals surface area contributed by atoms with Crippen LogP contribution in [-0.4, -0.2) is 34.5 Å². The smallest absolute Gasteiger partial charge is 0.337 e. The van der Waals surface area contributed by atoms with Crippen LogP contribution >= 0.6 is 0 Å². The van der Waals surface area contributed by atoms with Crippen LogP contribution in [-0.2, 0) is 9.53 Å². The van der Waals surface area contributed by atoms with Crippen LogP contribution in [0, 0.1) is 0 Å². The van der Waals surface area contributed by atoms with Gasteiger partial charge in [0.05, 0.1) is 6.10 Å². The zero-order chi connectivity index (χ0) is 13.4. The van der Waals surface area contributed by atoms with Gasteiger partial charge in [-0.3, -0.25) is 0 Å². The van der Waals surface area contributed by atoms with Gasteiger partial charge >= 0.3 is 5.97 Å². The lowest BCUT2D eigenvalue weighted by Crippen LogP contribution is -2.45. The predicted octanol–water partition coefficient (Wildman–Crippen LogP) is 2.16. The lowest BCUT2D eigenvalue weighted by molar-refractivity contribution is -0.179. The Morgan fingerprint density at radius 3 is 2.33 bits per heavy atom. The van der Waals surface area contributed by atoms with Crippen LogP contribution in [0.4, 0.5) is 0 Å². The van der Waals surface area contributed by atoms with Gasteiger partial charge in [0.2, 0.25) is 0 Å². The third-order valence-electron chi connectivity index (χ3n) is 3.52. The molecule has 2 N–H and O–H groups in total. The maximum absolute atomic E-state index is 11.2. The van der Waals surface area contributed by atoms with E-state index in [-0.39, 0.29) is 6.10 Å². The average Bonchev–Trinajstić information content (AvgIpc) is 2.34. The molecule has 106 valence electrons. The Morgan fingerprint density at radius 1 is 1.11 bits per heavy atom. The Labute approximate surface area is 109 Å². The van der Waals surface area contributed by atoms with E-state index in [0.717, 1.165) is 19.3 Å². The van der Waals surface area contributed by atoms with Crippen LogP contribution in [0.5, 0.6) is 0 Å². The third-order valence-corrected chi connectivity index (χ3v) is 3.52. The highest BCUT2D eigenvalue weighted by molar-refractivity contribution is 5.76. The second-order valence-corrected chi connectivity index (χ2v) is 5.22. The molecule has 0 aromatic rings. The first-order valence-corrected chi connectivity index (χ1v) is 7.21. The van der Waals surface area contributed by atoms with Crippen molar-refractivity contribution in [3.63, 3.8) is 0 Å². The van der Waals surface area contributed by atoms with Gasteiger partial charge in [0.1, 0.15) is 6.10 Å². The van der Waals surface area contributed by atoms with E-state index in [0.29, 0.717) is 6.42 Å². The molecule has 0 aliphatic carbocycles. The molecule has 1 aliphatic rings. The molecular formula is C14H26O4. The van der Waals surface area contributed by atoms with E-state index < -0.39 is 18.2 Å². The molecule has 0 bridgehead atoms. The number of carbonyl (C=O) groups excluding carboxylic acids is 1. The molecule has 1 saturated heterocycles. The SMILES string of the molecule is CCCCCCCCCC1CC(O)C(O)C(=O)O1. The maximum atomic E-state index is 11.2. The zero-order valence-electron chi connectivity index (χ0n) is 11.3. The van der Waals surface area contributed by atoms with Crippen molar-refractivity contribution in [1.29, 1.82) is 0 Å². The van der Waals surface area contributed by atoms with Gasteiger partial charge in [-0.2, -0.15) is 0 Å². The maximum Gasteiger partial charge on any atom is 0.337 e. The van der Waals surface area contributed by atoms with Crippen LogP contribution in [0.15, 0.2) is 0 Å². The highest BCUT2D eigenvalue weighted by atomic mass is 16.6. The van der Waals surface area contributed by atoms with E-state index in [1.807, 2.05) is 0 Å². The molecule has 18 heavy (non-hydrogen) atoms. The standard InChI is InChI=1S/C14H26O4/c1-2-3-4-5-6-7-8-9-11-10-12(15)13(16)14(17)18-11/h11-13,15-16H,2-10H2,1H3. The van der Waals surface area contributed by atoms with Crippen LogP contribution in [0.2, 0.25) is 0 Å². The highest BCUT2D eigenvalue weighted by Crippen LogP contribution is 2.20. The molecule has 3 unspecified atom stereocenters. The number of hydrogen-bond acceptors (Lipinski definition) is 4. The van der Waals surface area contributed by atoms with Gasteiger partial charge in [-0.15, -0.1) is 0 Å². The summed E-state index contributed by atoms with van der Waals surface area (Å²) in [6.07, 6.45) is 7.19. The molecule has 1 rings (SSSR count). The van der Waals surface area contributed by atoms with Crippen molar-refractivity contribution in [1.82, 2.24) is 0 Å². The Balaban J connectivity index is 2.04. The summed E-state index contributed by atoms with van der Waals surface area (Å²) in [5, 5.41) is 18.7. The van der Waals surface area contributed by atoms with Gasteiger partial charge in [0.25, 0.3) is 0 Å². The van der Waals surface area contributed by atoms with Gasteiger partial charge in [-0.1, -0.05) is 45.4 Å². The number of esters is 1. The van der Waals surface area contributed by atoms with E-state index >= 15 is 0 Å². The quantitative estimate of drug-likeness (QED) is 0.517. The second-order valence-electron chi connectivity index (χ2n) is 5.22. The number of unbranched alkanes of at least 4 members (excludes halogenated alkanes) is 6. The summed E-state index contributed by atoms with van der Waals surface area (Å²) in [5.41, 5.74) is 0. The number of rotatable bonds is 8. The normalized spacial score (nSPS) is 28.2. The van der Waals surface area contributed by atoms with Gasteiger partial charge in [-0.05, 0) is 12.8 Å². The summed E-state index contributed by atoms with van der Waals surface area (Å²) in [5.74, 6) is -0.679. The lowest BCUT2D eigenvalue weighted by Gasteiger charge is -2.29. The molecule has 0 spiro atoms. The minimum Gasteiger partial charge on any atom is -0.460 e. The fraction of sp³-hybridized carbons (Fsp3) is 0.929. The zero-order valence-corrected chi connectivity index (χ0v) is 11.3. The Bertz CT molecular complexity index is 242. The summed E-state index contributed by atoms with van der Waals surface area (Å²) in [4.78, 5) is 11.2. The van der Waals surface area contributed by atoms with E-state index in [2.05, 4.69) is 6.92 Å². The van der Waals surface area contributed by atoms with Crippen LogP contribution < -0.4 is 0 Å². The molecule has 1 fully saturated rings. The predicted molar refractivity (Wildman–Crippen MR) is 69.1 cm³/mol. The topological polar surface area (TPSA) is 66.8 Å². The first-order chi connectivity index (χ1) is 8.65. The first-order valence-electron chi connectivity index (χ1n) is 7.21. The van der Waals surface area contributed by atoms with E-state index in [4.69, 9.17) is 4.74 Å². The monoisotopic (exact) mass is 258 g/mol. The van der Waals surface area contributed by atoms with Crippen LogP contribution in [0.1, 0.15) is 64.7 Å². The minimum absolute atomic E-state index is 0.216. The van der Waals surface area contributed by atoms with E-state index in [1.165, 1.54) is 32.1 Å². The van der Waals surface area contributed by atoms with Crippen LogP contribution in [0.25, 0.3) is 0 Å². The van der Waals surface area contributed by atoms with Crippen molar-refractivity contribution in [3.05, 3.63) is 0 Å². The largest absolute Gasteiger partial charge is 0.460 e. The number of aliphatic hydroxyl groups excluding tert-OH is 2. The fourth-order valence-corrected chi connectivity index (χ4v) is 2.34. The summed E-state index contributed by atoms with van der Waals surface area (Å²) in [6, 6.07) is 0. The van der Waals surface area contributed by atoms with Crippen molar-refractivity contribution in [3.8, 4) is 0 Å². The number of cyclic esters (lactones) is 1. The molecule has 0 radical (unpaired) electrons. The summed E-state index contributed by atoms with van der Waals surface area (Å²) < 4.78 is 5.07. The number of ether oxygens (including phenoxy) is 1. The van der Waals surface area contributed by atoms with Crippen molar-refractivity contribution < 1.29 is 19.7 Å². The molecule has 3 atom stereocenters. The molecule has 1 heterocycles. The van der Waals surface area contributed by atoms with Crippen molar-refractivity contribution >= 4 is 5.97 Å². The Kier molecular flexibility index (Phi) is 7.28. The number of aliphatic hydroxyl groups is 2. The molecule has 0 saturated carbocycles. The average molecular weight is 258 g/mol. The van der Waals surface area contributed by atoms with Crippen molar-refractivity contribution in [2.75, 3.05) is 0 Å². The minimum atomic E-state index is -1.35. The summed E-state index contributed by atoms with van der Waals surface area (Å²) in [6.45, 7) is 2.21. The van der Waals surface area contributed by atoms with E-state index in [1.54, 1.807) is 0 Å². The third kappa shape index (κ3) is 5.36. The molecule has 1 aliphatic heterocycles. The number of carbonyl (C=O) groups is 1. The summed E-state index contributed by atoms with van der Waals surface area (Å²) >= 11 is 0. The van der Waals surface area contributed by atoms with Gasteiger partial charge in [-0.25, -0.2) is 4.79 Å². The van der Waals surface area contributed by atoms with Crippen molar-refractivity contribution in [2.45, 2.75) is 83.0 Å².